The van der Waals surface area contributed by atoms with Gasteiger partial charge < -0.3 is 20.9 Å². The number of rotatable bonds is 6. The Hall–Kier alpha value is -1.93. The molecule has 1 aliphatic heterocycles. The molecule has 1 fully saturated rings. The summed E-state index contributed by atoms with van der Waals surface area (Å²) in [4.78, 5) is 12.9. The molecule has 1 aromatic rings. The van der Waals surface area contributed by atoms with Crippen LogP contribution in [0.1, 0.15) is 51.7 Å². The minimum absolute atomic E-state index is 0.0423. The molecule has 0 unspecified atom stereocenters. The quantitative estimate of drug-likeness (QED) is 0.135. The van der Waals surface area contributed by atoms with Crippen molar-refractivity contribution in [3.63, 3.8) is 0 Å². The maximum absolute atomic E-state index is 11.0. The molecule has 8 heteroatoms. The molecule has 0 spiro atoms. The zero-order valence-electron chi connectivity index (χ0n) is 21.9. The SMILES string of the molecule is C=N.CN(C)/C=C\C(=C/C=O)c1ccc(C(=N)SC2CC(C)(C)NC(C)(C)C2)c(Cl)c1.CNC. The van der Waals surface area contributed by atoms with Crippen molar-refractivity contribution in [2.45, 2.75) is 56.9 Å². The zero-order valence-corrected chi connectivity index (χ0v) is 23.5. The molecule has 0 aromatic heterocycles. The van der Waals surface area contributed by atoms with E-state index in [1.54, 1.807) is 11.8 Å². The van der Waals surface area contributed by atoms with E-state index < -0.39 is 0 Å². The molecule has 1 heterocycles. The molecule has 190 valence electrons. The number of nitrogens with one attached hydrogen (secondary N) is 4. The van der Waals surface area contributed by atoms with Gasteiger partial charge in [0.05, 0.1) is 10.1 Å². The van der Waals surface area contributed by atoms with Crippen LogP contribution in [0.15, 0.2) is 36.6 Å². The lowest BCUT2D eigenvalue weighted by Gasteiger charge is -2.46. The van der Waals surface area contributed by atoms with Crippen molar-refractivity contribution in [3.8, 4) is 0 Å². The lowest BCUT2D eigenvalue weighted by molar-refractivity contribution is -0.104. The van der Waals surface area contributed by atoms with E-state index in [-0.39, 0.29) is 11.1 Å². The van der Waals surface area contributed by atoms with Crippen molar-refractivity contribution >= 4 is 47.0 Å². The Labute approximate surface area is 215 Å². The largest absolute Gasteiger partial charge is 0.383 e. The third kappa shape index (κ3) is 11.5. The van der Waals surface area contributed by atoms with Crippen LogP contribution >= 0.6 is 23.4 Å². The van der Waals surface area contributed by atoms with Crippen LogP contribution in [0.3, 0.4) is 0 Å². The molecular weight excluding hydrogens is 466 g/mol. The van der Waals surface area contributed by atoms with Crippen LogP contribution in [0.25, 0.3) is 5.57 Å². The summed E-state index contributed by atoms with van der Waals surface area (Å²) in [7, 11) is 7.60. The summed E-state index contributed by atoms with van der Waals surface area (Å²) in [6, 6.07) is 5.63. The van der Waals surface area contributed by atoms with Crippen LogP contribution < -0.4 is 10.6 Å². The number of piperidine rings is 1. The van der Waals surface area contributed by atoms with Gasteiger partial charge in [-0.25, -0.2) is 0 Å². The van der Waals surface area contributed by atoms with Gasteiger partial charge >= 0.3 is 0 Å². The van der Waals surface area contributed by atoms with Gasteiger partial charge in [0.25, 0.3) is 0 Å². The van der Waals surface area contributed by atoms with E-state index in [4.69, 9.17) is 22.4 Å². The summed E-state index contributed by atoms with van der Waals surface area (Å²) in [5, 5.41) is 21.9. The topological polar surface area (TPSA) is 92.1 Å². The third-order valence-corrected chi connectivity index (χ3v) is 6.22. The predicted molar refractivity (Wildman–Crippen MR) is 152 cm³/mol. The van der Waals surface area contributed by atoms with Crippen LogP contribution in [0.5, 0.6) is 0 Å². The first kappa shape index (κ1) is 32.1. The number of carbonyl (C=O) groups is 1. The number of thioether (sulfide) groups is 1. The molecular formula is C26H42ClN5OS. The summed E-state index contributed by atoms with van der Waals surface area (Å²) in [6.07, 6.45) is 8.05. The second kappa shape index (κ2) is 15.1. The average molecular weight is 508 g/mol. The first-order valence-electron chi connectivity index (χ1n) is 11.1. The fourth-order valence-corrected chi connectivity index (χ4v) is 5.94. The Morgan fingerprint density at radius 3 is 2.18 bits per heavy atom. The summed E-state index contributed by atoms with van der Waals surface area (Å²) < 4.78 is 0. The zero-order chi connectivity index (χ0) is 26.5. The van der Waals surface area contributed by atoms with Crippen molar-refractivity contribution in [1.29, 1.82) is 10.8 Å². The number of benzene rings is 1. The highest BCUT2D eigenvalue weighted by Crippen LogP contribution is 2.37. The first-order chi connectivity index (χ1) is 15.8. The van der Waals surface area contributed by atoms with Crippen molar-refractivity contribution in [2.75, 3.05) is 28.2 Å². The van der Waals surface area contributed by atoms with Gasteiger partial charge in [0.2, 0.25) is 0 Å². The van der Waals surface area contributed by atoms with E-state index in [1.807, 2.05) is 63.6 Å². The Balaban J connectivity index is 0.00000201. The fourth-order valence-electron chi connectivity index (χ4n) is 3.97. The van der Waals surface area contributed by atoms with E-state index >= 15 is 0 Å². The number of aldehydes is 1. The number of hydrogen-bond acceptors (Lipinski definition) is 7. The molecule has 0 radical (unpaired) electrons. The molecule has 0 amide bonds. The van der Waals surface area contributed by atoms with Gasteiger partial charge in [0, 0.05) is 36.0 Å². The lowest BCUT2D eigenvalue weighted by Crippen LogP contribution is -2.58. The highest BCUT2D eigenvalue weighted by atomic mass is 35.5. The lowest BCUT2D eigenvalue weighted by atomic mass is 9.82. The van der Waals surface area contributed by atoms with Crippen LogP contribution in [0.2, 0.25) is 5.02 Å². The fraction of sp³-hybridized carbons (Fsp3) is 0.500. The number of halogens is 1. The monoisotopic (exact) mass is 507 g/mol. The Kier molecular flexibility index (Phi) is 14.3. The van der Waals surface area contributed by atoms with Gasteiger partial charge in [-0.1, -0.05) is 23.7 Å². The molecule has 1 aliphatic rings. The van der Waals surface area contributed by atoms with Gasteiger partial charge in [-0.3, -0.25) is 10.2 Å². The second-order valence-electron chi connectivity index (χ2n) is 9.60. The van der Waals surface area contributed by atoms with E-state index in [9.17, 15) is 4.79 Å². The number of carbonyl (C=O) groups excluding carboxylic acids is 1. The highest BCUT2D eigenvalue weighted by Gasteiger charge is 2.38. The van der Waals surface area contributed by atoms with Gasteiger partial charge in [-0.15, -0.1) is 11.8 Å². The summed E-state index contributed by atoms with van der Waals surface area (Å²) in [6.45, 7) is 11.4. The standard InChI is InChI=1S/C23H32ClN3OS.C2H7N.CH3N/c1-22(2)14-18(15-23(3,4)26-22)29-21(25)19-8-7-17(13-20(19)24)16(10-12-28)9-11-27(5)6;1-3-2;1-2/h7-13,18,25-26H,14-15H2,1-6H3;3H,1-2H3;2H,1H2/b11-9-,16-10+,25-21?;;. The molecule has 4 N–H and O–H groups in total. The smallest absolute Gasteiger partial charge is 0.143 e. The molecule has 34 heavy (non-hydrogen) atoms. The van der Waals surface area contributed by atoms with Crippen LogP contribution in [0.4, 0.5) is 0 Å². The molecule has 1 saturated heterocycles. The second-order valence-corrected chi connectivity index (χ2v) is 11.3. The minimum Gasteiger partial charge on any atom is -0.383 e. The summed E-state index contributed by atoms with van der Waals surface area (Å²) in [5.41, 5.74) is 2.45. The molecule has 2 rings (SSSR count). The van der Waals surface area contributed by atoms with E-state index in [1.165, 1.54) is 6.08 Å². The van der Waals surface area contributed by atoms with Crippen molar-refractivity contribution in [3.05, 3.63) is 52.7 Å². The van der Waals surface area contributed by atoms with Crippen molar-refractivity contribution in [1.82, 2.24) is 15.5 Å². The van der Waals surface area contributed by atoms with E-state index in [0.717, 1.165) is 35.8 Å². The average Bonchev–Trinajstić information content (AvgIpc) is 2.70. The Morgan fingerprint density at radius 1 is 1.21 bits per heavy atom. The Morgan fingerprint density at radius 2 is 1.74 bits per heavy atom. The first-order valence-corrected chi connectivity index (χ1v) is 12.4. The highest BCUT2D eigenvalue weighted by molar-refractivity contribution is 8.14. The normalized spacial score (nSPS) is 17.1. The van der Waals surface area contributed by atoms with Gasteiger partial charge in [0.1, 0.15) is 6.29 Å². The molecule has 1 aromatic carbocycles. The minimum atomic E-state index is 0.0423. The number of hydrogen-bond donors (Lipinski definition) is 4. The molecule has 6 nitrogen and oxygen atoms in total. The number of nitrogens with zero attached hydrogens (tertiary/aromatic N) is 1. The van der Waals surface area contributed by atoms with Crippen molar-refractivity contribution < 1.29 is 4.79 Å². The molecule has 0 bridgehead atoms. The summed E-state index contributed by atoms with van der Waals surface area (Å²) in [5.74, 6) is 0. The third-order valence-electron chi connectivity index (χ3n) is 4.78. The van der Waals surface area contributed by atoms with Crippen LogP contribution in [0, 0.1) is 10.8 Å². The number of allylic oxidation sites excluding steroid dienone is 3. The van der Waals surface area contributed by atoms with Crippen LogP contribution in [-0.2, 0) is 4.79 Å². The van der Waals surface area contributed by atoms with Crippen molar-refractivity contribution in [2.24, 2.45) is 0 Å². The predicted octanol–water partition coefficient (Wildman–Crippen LogP) is 5.47. The molecule has 0 saturated carbocycles. The molecule has 0 atom stereocenters. The van der Waals surface area contributed by atoms with Gasteiger partial charge in [0.15, 0.2) is 0 Å². The molecule has 0 aliphatic carbocycles. The Bertz CT molecular complexity index is 849. The maximum atomic E-state index is 11.0. The van der Waals surface area contributed by atoms with Gasteiger partial charge in [-0.2, -0.15) is 0 Å². The summed E-state index contributed by atoms with van der Waals surface area (Å²) >= 11 is 8.14. The van der Waals surface area contributed by atoms with E-state index in [0.29, 0.717) is 15.3 Å². The maximum Gasteiger partial charge on any atom is 0.143 e. The van der Waals surface area contributed by atoms with E-state index in [2.05, 4.69) is 45.0 Å². The van der Waals surface area contributed by atoms with Gasteiger partial charge in [-0.05, 0) is 96.9 Å². The van der Waals surface area contributed by atoms with Crippen LogP contribution in [-0.4, -0.2) is 67.5 Å².